The van der Waals surface area contributed by atoms with Crippen LogP contribution in [0.5, 0.6) is 0 Å². The predicted octanol–water partition coefficient (Wildman–Crippen LogP) is 3.37. The molecule has 2 aromatic rings. The average molecular weight is 386 g/mol. The van der Waals surface area contributed by atoms with E-state index in [0.717, 1.165) is 25.7 Å². The van der Waals surface area contributed by atoms with Crippen molar-refractivity contribution < 1.29 is 19.1 Å². The summed E-state index contributed by atoms with van der Waals surface area (Å²) in [4.78, 5) is 38.6. The molecule has 6 nitrogen and oxygen atoms in total. The van der Waals surface area contributed by atoms with Gasteiger partial charge in [0.15, 0.2) is 0 Å². The molecular formula is C20H22N2O4S. The first-order valence-electron chi connectivity index (χ1n) is 9.04. The molecule has 2 N–H and O–H groups in total. The van der Waals surface area contributed by atoms with Crippen molar-refractivity contribution in [2.75, 3.05) is 6.54 Å². The molecule has 1 aromatic carbocycles. The topological polar surface area (TPSA) is 84.5 Å². The van der Waals surface area contributed by atoms with Crippen LogP contribution in [-0.2, 0) is 22.4 Å². The molecule has 27 heavy (non-hydrogen) atoms. The van der Waals surface area contributed by atoms with E-state index in [1.54, 1.807) is 37.3 Å². The predicted molar refractivity (Wildman–Crippen MR) is 103 cm³/mol. The number of esters is 1. The fraction of sp³-hybridized carbons (Fsp3) is 0.350. The molecule has 142 valence electrons. The lowest BCUT2D eigenvalue weighted by atomic mass is 9.99. The third kappa shape index (κ3) is 4.74. The number of ether oxygens (including phenoxy) is 1. The number of amides is 3. The number of imide groups is 1. The maximum atomic E-state index is 12.7. The molecule has 0 saturated heterocycles. The van der Waals surface area contributed by atoms with Crippen LogP contribution in [0.4, 0.5) is 4.79 Å². The van der Waals surface area contributed by atoms with Crippen molar-refractivity contribution in [2.24, 2.45) is 0 Å². The van der Waals surface area contributed by atoms with E-state index in [1.165, 1.54) is 21.8 Å². The van der Waals surface area contributed by atoms with Gasteiger partial charge >= 0.3 is 12.0 Å². The van der Waals surface area contributed by atoms with Crippen LogP contribution in [0.15, 0.2) is 36.4 Å². The highest BCUT2D eigenvalue weighted by atomic mass is 32.1. The Morgan fingerprint density at radius 2 is 1.89 bits per heavy atom. The largest absolute Gasteiger partial charge is 0.443 e. The number of rotatable bonds is 5. The molecule has 0 fully saturated rings. The summed E-state index contributed by atoms with van der Waals surface area (Å²) < 4.78 is 5.52. The van der Waals surface area contributed by atoms with Crippen LogP contribution in [-0.4, -0.2) is 24.5 Å². The number of aryl methyl sites for hydroxylation is 2. The number of benzene rings is 1. The standard InChI is InChI=1S/C20H22N2O4S/c1-2-21-20(25)22-18(23)17(13-8-4-3-5-9-13)26-19(24)16-12-14-10-6-7-11-15(14)27-16/h3-5,8-9,12,17H,2,6-7,10-11H2,1H3,(H2,21,22,23,25)/t17-/m0/s1. The lowest BCUT2D eigenvalue weighted by molar-refractivity contribution is -0.129. The Labute approximate surface area is 161 Å². The molecule has 0 saturated carbocycles. The first kappa shape index (κ1) is 19.1. The quantitative estimate of drug-likeness (QED) is 0.772. The van der Waals surface area contributed by atoms with E-state index in [4.69, 9.17) is 4.74 Å². The van der Waals surface area contributed by atoms with Gasteiger partial charge in [-0.2, -0.15) is 0 Å². The zero-order chi connectivity index (χ0) is 19.2. The second-order valence-corrected chi connectivity index (χ2v) is 7.45. The van der Waals surface area contributed by atoms with Gasteiger partial charge in [-0.3, -0.25) is 10.1 Å². The van der Waals surface area contributed by atoms with Crippen LogP contribution >= 0.6 is 11.3 Å². The van der Waals surface area contributed by atoms with Crippen molar-refractivity contribution in [3.8, 4) is 0 Å². The molecule has 0 aliphatic heterocycles. The van der Waals surface area contributed by atoms with Gasteiger partial charge in [-0.15, -0.1) is 11.3 Å². The fourth-order valence-corrected chi connectivity index (χ4v) is 4.18. The molecule has 1 atom stereocenters. The minimum atomic E-state index is -1.19. The van der Waals surface area contributed by atoms with E-state index < -0.39 is 24.0 Å². The number of hydrogen-bond donors (Lipinski definition) is 2. The molecule has 0 unspecified atom stereocenters. The van der Waals surface area contributed by atoms with Gasteiger partial charge in [-0.1, -0.05) is 30.3 Å². The Morgan fingerprint density at radius 3 is 2.59 bits per heavy atom. The maximum absolute atomic E-state index is 12.7. The van der Waals surface area contributed by atoms with Crippen molar-refractivity contribution in [1.29, 1.82) is 0 Å². The highest BCUT2D eigenvalue weighted by molar-refractivity contribution is 7.14. The number of urea groups is 1. The van der Waals surface area contributed by atoms with Gasteiger partial charge in [0, 0.05) is 17.0 Å². The molecular weight excluding hydrogens is 364 g/mol. The van der Waals surface area contributed by atoms with Gasteiger partial charge in [-0.25, -0.2) is 9.59 Å². The van der Waals surface area contributed by atoms with Crippen LogP contribution in [0.3, 0.4) is 0 Å². The van der Waals surface area contributed by atoms with Crippen LogP contribution in [0.2, 0.25) is 0 Å². The number of carbonyl (C=O) groups is 3. The first-order chi connectivity index (χ1) is 13.1. The maximum Gasteiger partial charge on any atom is 0.349 e. The smallest absolute Gasteiger partial charge is 0.349 e. The number of thiophene rings is 1. The minimum absolute atomic E-state index is 0.385. The summed E-state index contributed by atoms with van der Waals surface area (Å²) in [6.07, 6.45) is 3.01. The van der Waals surface area contributed by atoms with Gasteiger partial charge in [0.05, 0.1) is 0 Å². The Morgan fingerprint density at radius 1 is 1.15 bits per heavy atom. The monoisotopic (exact) mass is 386 g/mol. The van der Waals surface area contributed by atoms with Crippen LogP contribution in [0.1, 0.15) is 51.5 Å². The summed E-state index contributed by atoms with van der Waals surface area (Å²) in [7, 11) is 0. The Kier molecular flexibility index (Phi) is 6.24. The Balaban J connectivity index is 1.78. The normalized spacial score (nSPS) is 14.0. The van der Waals surface area contributed by atoms with Crippen LogP contribution in [0.25, 0.3) is 0 Å². The Bertz CT molecular complexity index is 808. The third-order valence-corrected chi connectivity index (χ3v) is 5.55. The van der Waals surface area contributed by atoms with E-state index >= 15 is 0 Å². The molecule has 1 aliphatic carbocycles. The van der Waals surface area contributed by atoms with Crippen molar-refractivity contribution >= 4 is 29.2 Å². The highest BCUT2D eigenvalue weighted by Crippen LogP contribution is 2.31. The molecule has 3 amide bonds. The molecule has 0 spiro atoms. The van der Waals surface area contributed by atoms with E-state index in [1.807, 2.05) is 6.07 Å². The number of hydrogen-bond acceptors (Lipinski definition) is 5. The average Bonchev–Trinajstić information content (AvgIpc) is 3.11. The van der Waals surface area contributed by atoms with Crippen molar-refractivity contribution in [2.45, 2.75) is 38.7 Å². The van der Waals surface area contributed by atoms with Crippen molar-refractivity contribution in [3.05, 3.63) is 57.3 Å². The van der Waals surface area contributed by atoms with Crippen molar-refractivity contribution in [1.82, 2.24) is 10.6 Å². The Hall–Kier alpha value is -2.67. The fourth-order valence-electron chi connectivity index (χ4n) is 3.04. The highest BCUT2D eigenvalue weighted by Gasteiger charge is 2.28. The summed E-state index contributed by atoms with van der Waals surface area (Å²) in [6.45, 7) is 2.13. The summed E-state index contributed by atoms with van der Waals surface area (Å²) in [5.41, 5.74) is 1.70. The second kappa shape index (κ2) is 8.81. The lowest BCUT2D eigenvalue weighted by Gasteiger charge is -2.17. The zero-order valence-electron chi connectivity index (χ0n) is 15.1. The second-order valence-electron chi connectivity index (χ2n) is 6.31. The zero-order valence-corrected chi connectivity index (χ0v) is 15.9. The summed E-state index contributed by atoms with van der Waals surface area (Å²) in [6, 6.07) is 9.93. The molecule has 7 heteroatoms. The lowest BCUT2D eigenvalue weighted by Crippen LogP contribution is -2.42. The van der Waals surface area contributed by atoms with Crippen molar-refractivity contribution in [3.63, 3.8) is 0 Å². The molecule has 0 bridgehead atoms. The molecule has 1 aromatic heterocycles. The van der Waals surface area contributed by atoms with Gasteiger partial charge in [0.25, 0.3) is 5.91 Å². The molecule has 3 rings (SSSR count). The van der Waals surface area contributed by atoms with Gasteiger partial charge in [0.2, 0.25) is 6.10 Å². The molecule has 1 heterocycles. The third-order valence-electron chi connectivity index (χ3n) is 4.34. The van der Waals surface area contributed by atoms with E-state index in [2.05, 4.69) is 10.6 Å². The van der Waals surface area contributed by atoms with E-state index in [9.17, 15) is 14.4 Å². The van der Waals surface area contributed by atoms with Crippen LogP contribution < -0.4 is 10.6 Å². The van der Waals surface area contributed by atoms with Crippen LogP contribution in [0, 0.1) is 0 Å². The SMILES string of the molecule is CCNC(=O)NC(=O)[C@@H](OC(=O)c1cc2c(s1)CCCC2)c1ccccc1. The summed E-state index contributed by atoms with van der Waals surface area (Å²) in [5, 5.41) is 4.71. The first-order valence-corrected chi connectivity index (χ1v) is 9.86. The van der Waals surface area contributed by atoms with Gasteiger partial charge in [-0.05, 0) is 44.2 Å². The minimum Gasteiger partial charge on any atom is -0.443 e. The molecule has 0 radical (unpaired) electrons. The van der Waals surface area contributed by atoms with Gasteiger partial charge < -0.3 is 10.1 Å². The van der Waals surface area contributed by atoms with Gasteiger partial charge in [0.1, 0.15) is 4.88 Å². The number of nitrogens with one attached hydrogen (secondary N) is 2. The summed E-state index contributed by atoms with van der Waals surface area (Å²) >= 11 is 1.43. The number of fused-ring (bicyclic) bond motifs is 1. The summed E-state index contributed by atoms with van der Waals surface area (Å²) in [5.74, 6) is -1.23. The van der Waals surface area contributed by atoms with E-state index in [-0.39, 0.29) is 0 Å². The number of carbonyl (C=O) groups excluding carboxylic acids is 3. The molecule has 1 aliphatic rings. The van der Waals surface area contributed by atoms with E-state index in [0.29, 0.717) is 17.0 Å².